The molecule has 0 saturated carbocycles. The first kappa shape index (κ1) is 10.3. The summed E-state index contributed by atoms with van der Waals surface area (Å²) in [4.78, 5) is 0. The Labute approximate surface area is 84.4 Å². The van der Waals surface area contributed by atoms with Gasteiger partial charge in [-0.2, -0.15) is 10.5 Å². The molecule has 1 aromatic carbocycles. The van der Waals surface area contributed by atoms with Crippen LogP contribution in [0.3, 0.4) is 0 Å². The molecule has 0 aliphatic heterocycles. The lowest BCUT2D eigenvalue weighted by atomic mass is 9.91. The fourth-order valence-electron chi connectivity index (χ4n) is 1.60. The van der Waals surface area contributed by atoms with Crippen LogP contribution >= 0.6 is 0 Å². The van der Waals surface area contributed by atoms with Crippen LogP contribution in [0.25, 0.3) is 0 Å². The van der Waals surface area contributed by atoms with Gasteiger partial charge in [-0.25, -0.2) is 0 Å². The molecule has 0 fully saturated rings. The van der Waals surface area contributed by atoms with E-state index in [0.717, 1.165) is 11.1 Å². The molecule has 0 aromatic heterocycles. The largest absolute Gasteiger partial charge is 0.192 e. The molecule has 70 valence electrons. The Kier molecular flexibility index (Phi) is 2.89. The van der Waals surface area contributed by atoms with E-state index >= 15 is 0 Å². The number of hydrogen-bond acceptors (Lipinski definition) is 2. The van der Waals surface area contributed by atoms with E-state index in [2.05, 4.69) is 12.1 Å². The van der Waals surface area contributed by atoms with Gasteiger partial charge in [-0.3, -0.25) is 0 Å². The van der Waals surface area contributed by atoms with Crippen LogP contribution in [0.15, 0.2) is 12.1 Å². The van der Waals surface area contributed by atoms with E-state index < -0.39 is 0 Å². The fourth-order valence-corrected chi connectivity index (χ4v) is 1.60. The highest BCUT2D eigenvalue weighted by molar-refractivity contribution is 5.51. The van der Waals surface area contributed by atoms with Gasteiger partial charge >= 0.3 is 0 Å². The van der Waals surface area contributed by atoms with E-state index in [1.54, 1.807) is 0 Å². The molecule has 0 heterocycles. The normalized spacial score (nSPS) is 9.57. The smallest absolute Gasteiger partial charge is 0.0995 e. The standard InChI is InChI=1S/C12H12N2/c1-8(2)12-10(6-13)4-9(3)5-11(12)7-14/h4-5,8H,1-3H3. The molecule has 0 radical (unpaired) electrons. The number of nitrogens with zero attached hydrogens (tertiary/aromatic N) is 2. The number of benzene rings is 1. The molecule has 1 rings (SSSR count). The summed E-state index contributed by atoms with van der Waals surface area (Å²) in [5, 5.41) is 17.9. The highest BCUT2D eigenvalue weighted by Crippen LogP contribution is 2.24. The molecular weight excluding hydrogens is 172 g/mol. The van der Waals surface area contributed by atoms with Crippen LogP contribution in [0, 0.1) is 29.6 Å². The first-order valence-corrected chi connectivity index (χ1v) is 4.55. The van der Waals surface area contributed by atoms with Crippen molar-refractivity contribution < 1.29 is 0 Å². The summed E-state index contributed by atoms with van der Waals surface area (Å²) in [6.45, 7) is 5.88. The van der Waals surface area contributed by atoms with Crippen LogP contribution in [0.4, 0.5) is 0 Å². The lowest BCUT2D eigenvalue weighted by Crippen LogP contribution is -1.98. The van der Waals surface area contributed by atoms with Crippen molar-refractivity contribution in [2.75, 3.05) is 0 Å². The Hall–Kier alpha value is -1.80. The van der Waals surface area contributed by atoms with Gasteiger partial charge in [-0.15, -0.1) is 0 Å². The minimum atomic E-state index is 0.208. The Morgan fingerprint density at radius 3 is 1.79 bits per heavy atom. The van der Waals surface area contributed by atoms with Crippen molar-refractivity contribution in [2.24, 2.45) is 0 Å². The van der Waals surface area contributed by atoms with E-state index in [1.807, 2.05) is 32.9 Å². The summed E-state index contributed by atoms with van der Waals surface area (Å²) in [5.74, 6) is 0.208. The summed E-state index contributed by atoms with van der Waals surface area (Å²) in [7, 11) is 0. The lowest BCUT2D eigenvalue weighted by Gasteiger charge is -2.10. The Bertz CT molecular complexity index is 396. The maximum absolute atomic E-state index is 8.95. The van der Waals surface area contributed by atoms with Gasteiger partial charge in [-0.05, 0) is 36.1 Å². The summed E-state index contributed by atoms with van der Waals surface area (Å²) in [6.07, 6.45) is 0. The fraction of sp³-hybridized carbons (Fsp3) is 0.333. The molecule has 0 bridgehead atoms. The minimum Gasteiger partial charge on any atom is -0.192 e. The second-order valence-electron chi connectivity index (χ2n) is 3.65. The van der Waals surface area contributed by atoms with Gasteiger partial charge in [-0.1, -0.05) is 13.8 Å². The van der Waals surface area contributed by atoms with E-state index in [4.69, 9.17) is 10.5 Å². The number of aryl methyl sites for hydroxylation is 1. The highest BCUT2D eigenvalue weighted by atomic mass is 14.3. The molecule has 2 nitrogen and oxygen atoms in total. The predicted molar refractivity (Wildman–Crippen MR) is 54.7 cm³/mol. The van der Waals surface area contributed by atoms with Gasteiger partial charge in [0.2, 0.25) is 0 Å². The molecule has 0 spiro atoms. The van der Waals surface area contributed by atoms with Crippen molar-refractivity contribution >= 4 is 0 Å². The van der Waals surface area contributed by atoms with Crippen molar-refractivity contribution in [3.63, 3.8) is 0 Å². The quantitative estimate of drug-likeness (QED) is 0.673. The molecule has 2 heteroatoms. The van der Waals surface area contributed by atoms with E-state index in [9.17, 15) is 0 Å². The minimum absolute atomic E-state index is 0.208. The van der Waals surface area contributed by atoms with Crippen LogP contribution in [0.2, 0.25) is 0 Å². The molecule has 0 amide bonds. The van der Waals surface area contributed by atoms with Crippen LogP contribution in [0.1, 0.15) is 42.0 Å². The summed E-state index contributed by atoms with van der Waals surface area (Å²) < 4.78 is 0. The average molecular weight is 184 g/mol. The molecule has 0 aliphatic carbocycles. The zero-order chi connectivity index (χ0) is 10.7. The van der Waals surface area contributed by atoms with Crippen LogP contribution in [-0.4, -0.2) is 0 Å². The maximum Gasteiger partial charge on any atom is 0.0995 e. The van der Waals surface area contributed by atoms with Gasteiger partial charge < -0.3 is 0 Å². The third kappa shape index (κ3) is 1.75. The van der Waals surface area contributed by atoms with Crippen molar-refractivity contribution in [1.82, 2.24) is 0 Å². The zero-order valence-electron chi connectivity index (χ0n) is 8.63. The van der Waals surface area contributed by atoms with Crippen LogP contribution in [0.5, 0.6) is 0 Å². The highest BCUT2D eigenvalue weighted by Gasteiger charge is 2.12. The van der Waals surface area contributed by atoms with Gasteiger partial charge in [0.1, 0.15) is 0 Å². The Morgan fingerprint density at radius 1 is 1.07 bits per heavy atom. The van der Waals surface area contributed by atoms with Crippen molar-refractivity contribution in [3.05, 3.63) is 34.4 Å². The molecule has 14 heavy (non-hydrogen) atoms. The van der Waals surface area contributed by atoms with Crippen molar-refractivity contribution in [1.29, 1.82) is 10.5 Å². The van der Waals surface area contributed by atoms with E-state index in [1.165, 1.54) is 0 Å². The summed E-state index contributed by atoms with van der Waals surface area (Å²) in [5.41, 5.74) is 3.07. The first-order valence-electron chi connectivity index (χ1n) is 4.55. The van der Waals surface area contributed by atoms with Crippen molar-refractivity contribution in [3.8, 4) is 12.1 Å². The molecule has 0 aliphatic rings. The number of rotatable bonds is 1. The molecule has 0 saturated heterocycles. The van der Waals surface area contributed by atoms with Crippen molar-refractivity contribution in [2.45, 2.75) is 26.7 Å². The molecule has 0 atom stereocenters. The number of nitriles is 2. The summed E-state index contributed by atoms with van der Waals surface area (Å²) in [6, 6.07) is 7.94. The van der Waals surface area contributed by atoms with Gasteiger partial charge in [0.05, 0.1) is 23.3 Å². The zero-order valence-corrected chi connectivity index (χ0v) is 8.63. The Morgan fingerprint density at radius 2 is 1.50 bits per heavy atom. The molecule has 0 N–H and O–H groups in total. The molecule has 0 unspecified atom stereocenters. The summed E-state index contributed by atoms with van der Waals surface area (Å²) >= 11 is 0. The van der Waals surface area contributed by atoms with Crippen LogP contribution < -0.4 is 0 Å². The molecule has 1 aromatic rings. The maximum atomic E-state index is 8.95. The average Bonchev–Trinajstić information content (AvgIpc) is 2.15. The predicted octanol–water partition coefficient (Wildman–Crippen LogP) is 2.86. The SMILES string of the molecule is Cc1cc(C#N)c(C(C)C)c(C#N)c1. The first-order chi connectivity index (χ1) is 6.60. The van der Waals surface area contributed by atoms with Gasteiger partial charge in [0.15, 0.2) is 0 Å². The lowest BCUT2D eigenvalue weighted by molar-refractivity contribution is 0.857. The third-order valence-corrected chi connectivity index (χ3v) is 2.14. The second-order valence-corrected chi connectivity index (χ2v) is 3.65. The number of hydrogen-bond donors (Lipinski definition) is 0. The molecular formula is C12H12N2. The van der Waals surface area contributed by atoms with Crippen LogP contribution in [-0.2, 0) is 0 Å². The van der Waals surface area contributed by atoms with E-state index in [-0.39, 0.29) is 5.92 Å². The van der Waals surface area contributed by atoms with Gasteiger partial charge in [0.25, 0.3) is 0 Å². The topological polar surface area (TPSA) is 47.6 Å². The van der Waals surface area contributed by atoms with Gasteiger partial charge in [0, 0.05) is 0 Å². The Balaban J connectivity index is 3.53. The van der Waals surface area contributed by atoms with E-state index in [0.29, 0.717) is 11.1 Å². The second kappa shape index (κ2) is 3.94. The third-order valence-electron chi connectivity index (χ3n) is 2.14. The monoisotopic (exact) mass is 184 g/mol.